The lowest BCUT2D eigenvalue weighted by atomic mass is 10.0. The van der Waals surface area contributed by atoms with Gasteiger partial charge in [0.25, 0.3) is 0 Å². The van der Waals surface area contributed by atoms with Gasteiger partial charge in [0, 0.05) is 6.42 Å². The van der Waals surface area contributed by atoms with Crippen LogP contribution in [-0.2, 0) is 30.3 Å². The van der Waals surface area contributed by atoms with E-state index in [0.717, 1.165) is 5.56 Å². The van der Waals surface area contributed by atoms with Crippen molar-refractivity contribution < 1.29 is 28.7 Å². The van der Waals surface area contributed by atoms with Gasteiger partial charge in [0.05, 0.1) is 14.2 Å². The monoisotopic (exact) mass is 481 g/mol. The van der Waals surface area contributed by atoms with Gasteiger partial charge in [-0.25, -0.2) is 9.59 Å². The molecular weight excluding hydrogens is 446 g/mol. The third kappa shape index (κ3) is 10.6. The third-order valence-electron chi connectivity index (χ3n) is 4.83. The Labute approximate surface area is 199 Å². The molecule has 184 valence electrons. The Morgan fingerprint density at radius 1 is 0.879 bits per heavy atom. The second kappa shape index (κ2) is 15.2. The normalized spacial score (nSPS) is 13.4. The molecule has 0 radical (unpaired) electrons. The number of methoxy groups -OCH3 is 2. The fourth-order valence-electron chi connectivity index (χ4n) is 3.14. The van der Waals surface area contributed by atoms with Crippen LogP contribution in [0.3, 0.4) is 0 Å². The molecule has 33 heavy (non-hydrogen) atoms. The van der Waals surface area contributed by atoms with Gasteiger partial charge in [-0.05, 0) is 36.3 Å². The van der Waals surface area contributed by atoms with Crippen LogP contribution >= 0.6 is 11.8 Å². The Balaban J connectivity index is 2.98. The summed E-state index contributed by atoms with van der Waals surface area (Å²) in [5.74, 6) is -0.847. The van der Waals surface area contributed by atoms with Crippen molar-refractivity contribution in [1.29, 1.82) is 0 Å². The Morgan fingerprint density at radius 2 is 1.48 bits per heavy atom. The molecule has 3 N–H and O–H groups in total. The number of thioether (sulfide) groups is 1. The molecule has 1 aromatic rings. The largest absolute Gasteiger partial charge is 0.467 e. The number of ether oxygens (including phenoxy) is 2. The Kier molecular flexibility index (Phi) is 13.0. The van der Waals surface area contributed by atoms with E-state index in [2.05, 4.69) is 20.7 Å². The molecule has 0 saturated heterocycles. The van der Waals surface area contributed by atoms with E-state index >= 15 is 0 Å². The summed E-state index contributed by atoms with van der Waals surface area (Å²) in [4.78, 5) is 50.0. The Bertz CT molecular complexity index is 775. The fourth-order valence-corrected chi connectivity index (χ4v) is 3.61. The van der Waals surface area contributed by atoms with Gasteiger partial charge in [0.2, 0.25) is 11.8 Å². The first-order valence-corrected chi connectivity index (χ1v) is 12.2. The van der Waals surface area contributed by atoms with Crippen molar-refractivity contribution >= 4 is 35.6 Å². The number of carbonyl (C=O) groups is 4. The smallest absolute Gasteiger partial charge is 0.407 e. The number of alkyl carbamates (subject to hydrolysis) is 1. The van der Waals surface area contributed by atoms with E-state index in [1.165, 1.54) is 26.0 Å². The van der Waals surface area contributed by atoms with Crippen LogP contribution in [0.25, 0.3) is 0 Å². The van der Waals surface area contributed by atoms with Crippen LogP contribution in [-0.4, -0.2) is 68.2 Å². The highest BCUT2D eigenvalue weighted by Crippen LogP contribution is 2.10. The predicted molar refractivity (Wildman–Crippen MR) is 128 cm³/mol. The van der Waals surface area contributed by atoms with Gasteiger partial charge < -0.3 is 25.4 Å². The topological polar surface area (TPSA) is 123 Å². The van der Waals surface area contributed by atoms with Gasteiger partial charge >= 0.3 is 12.1 Å². The Hall–Kier alpha value is -2.75. The molecule has 0 aromatic heterocycles. The maximum Gasteiger partial charge on any atom is 0.407 e. The molecule has 0 unspecified atom stereocenters. The average molecular weight is 482 g/mol. The average Bonchev–Trinajstić information content (AvgIpc) is 2.80. The van der Waals surface area contributed by atoms with E-state index in [9.17, 15) is 19.2 Å². The van der Waals surface area contributed by atoms with E-state index in [1.807, 2.05) is 50.4 Å². The number of esters is 1. The zero-order chi connectivity index (χ0) is 24.8. The van der Waals surface area contributed by atoms with Gasteiger partial charge in [0.1, 0.15) is 18.1 Å². The molecule has 9 nitrogen and oxygen atoms in total. The van der Waals surface area contributed by atoms with Crippen LogP contribution in [0.4, 0.5) is 4.79 Å². The highest BCUT2D eigenvalue weighted by molar-refractivity contribution is 7.98. The number of carbonyl (C=O) groups excluding carboxylic acids is 4. The summed E-state index contributed by atoms with van der Waals surface area (Å²) in [6.07, 6.45) is 2.14. The van der Waals surface area contributed by atoms with Crippen LogP contribution in [0.5, 0.6) is 0 Å². The second-order valence-corrected chi connectivity index (χ2v) is 8.92. The molecular formula is C23H35N3O6S. The second-order valence-electron chi connectivity index (χ2n) is 7.93. The number of benzene rings is 1. The van der Waals surface area contributed by atoms with E-state index in [0.29, 0.717) is 18.6 Å². The number of rotatable bonds is 13. The van der Waals surface area contributed by atoms with Crippen LogP contribution in [0, 0.1) is 5.92 Å². The molecule has 0 heterocycles. The Morgan fingerprint density at radius 3 is 2.03 bits per heavy atom. The predicted octanol–water partition coefficient (Wildman–Crippen LogP) is 1.90. The standard InChI is InChI=1S/C23H35N3O6S/c1-15(2)13-18(24-20(27)17(11-12-33-5)26-23(30)32-4)21(28)25-19(22(29)31-3)14-16-9-7-6-8-10-16/h6-10,15,17-19H,11-14H2,1-5H3,(H,24,27)(H,25,28)(H,26,30)/t17-,18-,19-/m0/s1. The summed E-state index contributed by atoms with van der Waals surface area (Å²) in [6.45, 7) is 3.85. The van der Waals surface area contributed by atoms with Crippen molar-refractivity contribution in [2.24, 2.45) is 5.92 Å². The molecule has 10 heteroatoms. The van der Waals surface area contributed by atoms with Crippen LogP contribution in [0.2, 0.25) is 0 Å². The van der Waals surface area contributed by atoms with Crippen molar-refractivity contribution in [1.82, 2.24) is 16.0 Å². The van der Waals surface area contributed by atoms with Crippen LogP contribution in [0.15, 0.2) is 30.3 Å². The van der Waals surface area contributed by atoms with Crippen molar-refractivity contribution in [3.63, 3.8) is 0 Å². The zero-order valence-corrected chi connectivity index (χ0v) is 20.7. The van der Waals surface area contributed by atoms with Crippen LogP contribution in [0.1, 0.15) is 32.3 Å². The lowest BCUT2D eigenvalue weighted by Gasteiger charge is -2.25. The van der Waals surface area contributed by atoms with Gasteiger partial charge in [0.15, 0.2) is 0 Å². The minimum Gasteiger partial charge on any atom is -0.467 e. The molecule has 0 bridgehead atoms. The third-order valence-corrected chi connectivity index (χ3v) is 5.47. The lowest BCUT2D eigenvalue weighted by molar-refractivity contribution is -0.145. The molecule has 1 rings (SSSR count). The lowest BCUT2D eigenvalue weighted by Crippen LogP contribution is -2.56. The number of hydrogen-bond acceptors (Lipinski definition) is 7. The quantitative estimate of drug-likeness (QED) is 0.368. The van der Waals surface area contributed by atoms with E-state index in [1.54, 1.807) is 0 Å². The minimum absolute atomic E-state index is 0.0879. The first-order valence-electron chi connectivity index (χ1n) is 10.8. The summed E-state index contributed by atoms with van der Waals surface area (Å²) in [7, 11) is 2.47. The van der Waals surface area contributed by atoms with Crippen molar-refractivity contribution in [2.75, 3.05) is 26.2 Å². The van der Waals surface area contributed by atoms with Gasteiger partial charge in [-0.3, -0.25) is 9.59 Å². The molecule has 3 atom stereocenters. The molecule has 0 aliphatic heterocycles. The first kappa shape index (κ1) is 28.3. The summed E-state index contributed by atoms with van der Waals surface area (Å²) in [6, 6.07) is 6.60. The summed E-state index contributed by atoms with van der Waals surface area (Å²) in [5.41, 5.74) is 0.858. The number of hydrogen-bond donors (Lipinski definition) is 3. The highest BCUT2D eigenvalue weighted by Gasteiger charge is 2.30. The molecule has 1 aromatic carbocycles. The molecule has 0 aliphatic rings. The molecule has 0 saturated carbocycles. The number of amides is 3. The fraction of sp³-hybridized carbons (Fsp3) is 0.565. The summed E-state index contributed by atoms with van der Waals surface area (Å²) >= 11 is 1.53. The zero-order valence-electron chi connectivity index (χ0n) is 19.9. The molecule has 0 aliphatic carbocycles. The SMILES string of the molecule is COC(=O)N[C@@H](CCSC)C(=O)N[C@@H](CC(C)C)C(=O)N[C@@H](Cc1ccccc1)C(=O)OC. The van der Waals surface area contributed by atoms with E-state index in [-0.39, 0.29) is 12.3 Å². The van der Waals surface area contributed by atoms with Gasteiger partial charge in [-0.1, -0.05) is 44.2 Å². The van der Waals surface area contributed by atoms with E-state index < -0.39 is 42.0 Å². The van der Waals surface area contributed by atoms with Gasteiger partial charge in [-0.2, -0.15) is 11.8 Å². The molecule has 0 fully saturated rings. The molecule has 0 spiro atoms. The summed E-state index contributed by atoms with van der Waals surface area (Å²) in [5, 5.41) is 7.95. The van der Waals surface area contributed by atoms with Crippen molar-refractivity contribution in [2.45, 2.75) is 51.2 Å². The van der Waals surface area contributed by atoms with Crippen molar-refractivity contribution in [3.8, 4) is 0 Å². The van der Waals surface area contributed by atoms with Crippen LogP contribution < -0.4 is 16.0 Å². The maximum absolute atomic E-state index is 13.1. The number of nitrogens with one attached hydrogen (secondary N) is 3. The first-order chi connectivity index (χ1) is 15.7. The molecule has 3 amide bonds. The van der Waals surface area contributed by atoms with E-state index in [4.69, 9.17) is 4.74 Å². The van der Waals surface area contributed by atoms with Gasteiger partial charge in [-0.15, -0.1) is 0 Å². The minimum atomic E-state index is -0.906. The highest BCUT2D eigenvalue weighted by atomic mass is 32.2. The summed E-state index contributed by atoms with van der Waals surface area (Å²) < 4.78 is 9.47. The van der Waals surface area contributed by atoms with Crippen molar-refractivity contribution in [3.05, 3.63) is 35.9 Å². The maximum atomic E-state index is 13.1.